The largest absolute Gasteiger partial charge is 0.309 e. The highest BCUT2D eigenvalue weighted by Crippen LogP contribution is 2.44. The molecule has 2 heterocycles. The lowest BCUT2D eigenvalue weighted by atomic mass is 9.86. The second-order valence-corrected chi connectivity index (χ2v) is 13.1. The number of fused-ring (bicyclic) bond motifs is 5. The smallest absolute Gasteiger partial charge is 0.0702 e. The van der Waals surface area contributed by atoms with Gasteiger partial charge < -0.3 is 4.57 Å². The van der Waals surface area contributed by atoms with E-state index in [4.69, 9.17) is 4.98 Å². The summed E-state index contributed by atoms with van der Waals surface area (Å²) in [4.78, 5) is 5.10. The van der Waals surface area contributed by atoms with Gasteiger partial charge >= 0.3 is 0 Å². The molecule has 0 fully saturated rings. The minimum atomic E-state index is 0.959. The van der Waals surface area contributed by atoms with Crippen LogP contribution in [0.3, 0.4) is 0 Å². The molecule has 10 aromatic rings. The number of aromatic nitrogens is 2. The SMILES string of the molecule is c1ccc(-c2ccc(-c3c4ccccc4c(-c4ccc(-c5ccc6c(c5)c5ccccc5n6-c5ccccc5)nc4)c4ccccc34)cc2)cc1. The van der Waals surface area contributed by atoms with Crippen molar-refractivity contribution in [1.29, 1.82) is 0 Å². The Kier molecular flexibility index (Phi) is 6.85. The van der Waals surface area contributed by atoms with E-state index in [9.17, 15) is 0 Å². The molecule has 0 aliphatic rings. The third-order valence-corrected chi connectivity index (χ3v) is 10.2. The maximum Gasteiger partial charge on any atom is 0.0702 e. The summed E-state index contributed by atoms with van der Waals surface area (Å²) >= 11 is 0. The minimum absolute atomic E-state index is 0.959. The van der Waals surface area contributed by atoms with Gasteiger partial charge in [0.25, 0.3) is 0 Å². The zero-order chi connectivity index (χ0) is 33.7. The van der Waals surface area contributed by atoms with Crippen LogP contribution >= 0.6 is 0 Å². The zero-order valence-electron chi connectivity index (χ0n) is 27.9. The van der Waals surface area contributed by atoms with Crippen molar-refractivity contribution >= 4 is 43.4 Å². The number of nitrogens with zero attached hydrogens (tertiary/aromatic N) is 2. The van der Waals surface area contributed by atoms with Gasteiger partial charge in [-0.15, -0.1) is 0 Å². The number of rotatable bonds is 5. The van der Waals surface area contributed by atoms with Crippen LogP contribution in [-0.2, 0) is 0 Å². The van der Waals surface area contributed by atoms with Crippen molar-refractivity contribution in [1.82, 2.24) is 9.55 Å². The van der Waals surface area contributed by atoms with Gasteiger partial charge in [0, 0.05) is 33.8 Å². The highest BCUT2D eigenvalue weighted by Gasteiger charge is 2.18. The molecule has 2 aromatic heterocycles. The molecule has 0 saturated heterocycles. The van der Waals surface area contributed by atoms with Gasteiger partial charge in [0.1, 0.15) is 0 Å². The van der Waals surface area contributed by atoms with Crippen LogP contribution in [0, 0.1) is 0 Å². The first-order valence-corrected chi connectivity index (χ1v) is 17.5. The lowest BCUT2D eigenvalue weighted by Crippen LogP contribution is -1.93. The zero-order valence-corrected chi connectivity index (χ0v) is 27.9. The van der Waals surface area contributed by atoms with Gasteiger partial charge in [0.15, 0.2) is 0 Å². The maximum absolute atomic E-state index is 5.10. The Hall–Kier alpha value is -6.77. The molecule has 0 spiro atoms. The topological polar surface area (TPSA) is 17.8 Å². The monoisotopic (exact) mass is 648 g/mol. The Morgan fingerprint density at radius 2 is 0.784 bits per heavy atom. The molecular formula is C49H32N2. The van der Waals surface area contributed by atoms with E-state index >= 15 is 0 Å². The van der Waals surface area contributed by atoms with Gasteiger partial charge in [-0.1, -0.05) is 152 Å². The molecule has 0 amide bonds. The van der Waals surface area contributed by atoms with E-state index in [1.807, 2.05) is 0 Å². The van der Waals surface area contributed by atoms with Gasteiger partial charge in [0.05, 0.1) is 16.7 Å². The Bertz CT molecular complexity index is 2810. The molecule has 0 aliphatic heterocycles. The summed E-state index contributed by atoms with van der Waals surface area (Å²) in [5.41, 5.74) is 12.9. The van der Waals surface area contributed by atoms with E-state index in [-0.39, 0.29) is 0 Å². The van der Waals surface area contributed by atoms with Gasteiger partial charge in [-0.2, -0.15) is 0 Å². The van der Waals surface area contributed by atoms with Crippen LogP contribution < -0.4 is 0 Å². The number of hydrogen-bond donors (Lipinski definition) is 0. The van der Waals surface area contributed by atoms with E-state index in [1.165, 1.54) is 71.2 Å². The molecule has 10 rings (SSSR count). The van der Waals surface area contributed by atoms with Crippen LogP contribution in [-0.4, -0.2) is 9.55 Å². The molecule has 0 N–H and O–H groups in total. The first-order valence-electron chi connectivity index (χ1n) is 17.5. The summed E-state index contributed by atoms with van der Waals surface area (Å²) in [7, 11) is 0. The lowest BCUT2D eigenvalue weighted by Gasteiger charge is -2.18. The summed E-state index contributed by atoms with van der Waals surface area (Å²) in [5, 5.41) is 7.39. The normalized spacial score (nSPS) is 11.5. The van der Waals surface area contributed by atoms with E-state index in [0.717, 1.165) is 22.5 Å². The van der Waals surface area contributed by atoms with Gasteiger partial charge in [-0.25, -0.2) is 0 Å². The minimum Gasteiger partial charge on any atom is -0.309 e. The summed E-state index contributed by atoms with van der Waals surface area (Å²) < 4.78 is 2.35. The maximum atomic E-state index is 5.10. The second kappa shape index (κ2) is 12.0. The Balaban J connectivity index is 1.09. The fourth-order valence-electron chi connectivity index (χ4n) is 7.91. The molecule has 0 bridgehead atoms. The van der Waals surface area contributed by atoms with Crippen LogP contribution in [0.4, 0.5) is 0 Å². The van der Waals surface area contributed by atoms with Crippen LogP contribution in [0.1, 0.15) is 0 Å². The summed E-state index contributed by atoms with van der Waals surface area (Å²) in [6.07, 6.45) is 2.05. The van der Waals surface area contributed by atoms with E-state index < -0.39 is 0 Å². The molecule has 2 nitrogen and oxygen atoms in total. The molecule has 8 aromatic carbocycles. The number of para-hydroxylation sites is 2. The average molecular weight is 649 g/mol. The van der Waals surface area contributed by atoms with Crippen molar-refractivity contribution in [2.75, 3.05) is 0 Å². The highest BCUT2D eigenvalue weighted by molar-refractivity contribution is 6.21. The second-order valence-electron chi connectivity index (χ2n) is 13.1. The first-order chi connectivity index (χ1) is 25.3. The van der Waals surface area contributed by atoms with Crippen LogP contribution in [0.5, 0.6) is 0 Å². The molecule has 0 radical (unpaired) electrons. The average Bonchev–Trinajstić information content (AvgIpc) is 3.54. The Morgan fingerprint density at radius 1 is 0.314 bits per heavy atom. The molecule has 0 atom stereocenters. The number of hydrogen-bond acceptors (Lipinski definition) is 1. The van der Waals surface area contributed by atoms with Gasteiger partial charge in [-0.05, 0) is 85.8 Å². The first kappa shape index (κ1) is 29.2. The fourth-order valence-corrected chi connectivity index (χ4v) is 7.91. The fraction of sp³-hybridized carbons (Fsp3) is 0. The van der Waals surface area contributed by atoms with Crippen LogP contribution in [0.2, 0.25) is 0 Å². The third-order valence-electron chi connectivity index (χ3n) is 10.2. The van der Waals surface area contributed by atoms with E-state index in [0.29, 0.717) is 0 Å². The van der Waals surface area contributed by atoms with Crippen LogP contribution in [0.25, 0.3) is 93.7 Å². The number of pyridine rings is 1. The molecule has 0 saturated carbocycles. The van der Waals surface area contributed by atoms with Crippen molar-refractivity contribution in [3.8, 4) is 50.3 Å². The Labute approximate surface area is 296 Å². The summed E-state index contributed by atoms with van der Waals surface area (Å²) in [6.45, 7) is 0. The van der Waals surface area contributed by atoms with Crippen molar-refractivity contribution < 1.29 is 0 Å². The highest BCUT2D eigenvalue weighted by atomic mass is 15.0. The van der Waals surface area contributed by atoms with Crippen LogP contribution in [0.15, 0.2) is 194 Å². The molecule has 2 heteroatoms. The predicted molar refractivity (Wildman–Crippen MR) is 215 cm³/mol. The van der Waals surface area contributed by atoms with Crippen molar-refractivity contribution in [2.24, 2.45) is 0 Å². The number of benzene rings is 8. The van der Waals surface area contributed by atoms with Gasteiger partial charge in [-0.3, -0.25) is 4.98 Å². The summed E-state index contributed by atoms with van der Waals surface area (Å²) in [5.74, 6) is 0. The molecule has 51 heavy (non-hydrogen) atoms. The quantitative estimate of drug-likeness (QED) is 0.170. The van der Waals surface area contributed by atoms with E-state index in [2.05, 4.69) is 199 Å². The van der Waals surface area contributed by atoms with Gasteiger partial charge in [0.2, 0.25) is 0 Å². The van der Waals surface area contributed by atoms with Crippen molar-refractivity contribution in [3.05, 3.63) is 194 Å². The summed E-state index contributed by atoms with van der Waals surface area (Å²) in [6, 6.07) is 67.6. The molecular weight excluding hydrogens is 617 g/mol. The predicted octanol–water partition coefficient (Wildman–Crippen LogP) is 13.2. The third kappa shape index (κ3) is 4.84. The standard InChI is InChI=1S/C49H32N2/c1-3-13-33(14-4-1)34-23-25-35(26-24-34)48-40-18-7-9-20-42(40)49(43-21-10-8-19-41(43)48)37-27-29-45(50-32-37)36-28-30-47-44(31-36)39-17-11-12-22-46(39)51(47)38-15-5-2-6-16-38/h1-32H. The molecule has 0 aliphatic carbocycles. The van der Waals surface area contributed by atoms with Crippen molar-refractivity contribution in [2.45, 2.75) is 0 Å². The van der Waals surface area contributed by atoms with E-state index in [1.54, 1.807) is 0 Å². The van der Waals surface area contributed by atoms with Crippen molar-refractivity contribution in [3.63, 3.8) is 0 Å². The molecule has 238 valence electrons. The lowest BCUT2D eigenvalue weighted by molar-refractivity contribution is 1.18. The Morgan fingerprint density at radius 3 is 1.41 bits per heavy atom. The molecule has 0 unspecified atom stereocenters.